The highest BCUT2D eigenvalue weighted by molar-refractivity contribution is 5.71. The van der Waals surface area contributed by atoms with E-state index in [1.54, 1.807) is 0 Å². The summed E-state index contributed by atoms with van der Waals surface area (Å²) >= 11 is 0. The predicted octanol–water partition coefficient (Wildman–Crippen LogP) is 18.0. The number of carbonyl (C=O) groups is 3. The standard InChI is InChI=1S/C55H106O6/c1-4-7-10-13-16-19-22-24-26-27-28-29-30-32-33-36-39-42-45-48-54(57)60-51-52(50-59-53(56)47-44-41-38-35-21-18-15-12-9-6-3)61-55(58)49-46-43-40-37-34-31-25-23-20-17-14-11-8-5-2/h52H,4-51H2,1-3H3. The second-order valence-electron chi connectivity index (χ2n) is 18.9. The summed E-state index contributed by atoms with van der Waals surface area (Å²) in [5, 5.41) is 0. The quantitative estimate of drug-likeness (QED) is 0.0344. The van der Waals surface area contributed by atoms with Crippen LogP contribution in [0.25, 0.3) is 0 Å². The van der Waals surface area contributed by atoms with E-state index < -0.39 is 6.10 Å². The van der Waals surface area contributed by atoms with Crippen LogP contribution >= 0.6 is 0 Å². The average molecular weight is 863 g/mol. The Morgan fingerprint density at radius 2 is 0.443 bits per heavy atom. The molecule has 0 saturated heterocycles. The zero-order valence-corrected chi connectivity index (χ0v) is 41.5. The van der Waals surface area contributed by atoms with Gasteiger partial charge in [-0.2, -0.15) is 0 Å². The van der Waals surface area contributed by atoms with Gasteiger partial charge in [0.2, 0.25) is 0 Å². The van der Waals surface area contributed by atoms with Crippen LogP contribution in [-0.4, -0.2) is 37.2 Å². The highest BCUT2D eigenvalue weighted by atomic mass is 16.6. The van der Waals surface area contributed by atoms with E-state index in [4.69, 9.17) is 14.2 Å². The molecule has 0 aromatic carbocycles. The van der Waals surface area contributed by atoms with Gasteiger partial charge in [0, 0.05) is 19.3 Å². The van der Waals surface area contributed by atoms with Gasteiger partial charge in [0.05, 0.1) is 0 Å². The van der Waals surface area contributed by atoms with E-state index in [2.05, 4.69) is 20.8 Å². The minimum absolute atomic E-state index is 0.0615. The zero-order chi connectivity index (χ0) is 44.4. The van der Waals surface area contributed by atoms with Crippen LogP contribution in [0.2, 0.25) is 0 Å². The number of hydrogen-bond donors (Lipinski definition) is 0. The van der Waals surface area contributed by atoms with E-state index in [1.807, 2.05) is 0 Å². The second kappa shape index (κ2) is 51.0. The summed E-state index contributed by atoms with van der Waals surface area (Å²) in [5.74, 6) is -0.839. The van der Waals surface area contributed by atoms with Crippen molar-refractivity contribution in [2.24, 2.45) is 0 Å². The molecule has 6 heteroatoms. The summed E-state index contributed by atoms with van der Waals surface area (Å²) in [7, 11) is 0. The monoisotopic (exact) mass is 863 g/mol. The largest absolute Gasteiger partial charge is 0.462 e. The topological polar surface area (TPSA) is 78.9 Å². The molecular formula is C55H106O6. The number of rotatable bonds is 51. The summed E-state index contributed by atoms with van der Waals surface area (Å²) in [4.78, 5) is 38.0. The molecule has 0 aliphatic carbocycles. The normalized spacial score (nSPS) is 11.9. The Bertz CT molecular complexity index is 905. The summed E-state index contributed by atoms with van der Waals surface area (Å²) in [6.45, 7) is 6.68. The third-order valence-electron chi connectivity index (χ3n) is 12.6. The molecule has 0 aliphatic heterocycles. The highest BCUT2D eigenvalue weighted by Gasteiger charge is 2.19. The van der Waals surface area contributed by atoms with Gasteiger partial charge in [-0.3, -0.25) is 14.4 Å². The van der Waals surface area contributed by atoms with E-state index in [1.165, 1.54) is 218 Å². The maximum absolute atomic E-state index is 12.8. The van der Waals surface area contributed by atoms with E-state index in [0.717, 1.165) is 57.8 Å². The number of esters is 3. The molecule has 61 heavy (non-hydrogen) atoms. The molecule has 0 heterocycles. The summed E-state index contributed by atoms with van der Waals surface area (Å²) in [6, 6.07) is 0. The third-order valence-corrected chi connectivity index (χ3v) is 12.6. The minimum Gasteiger partial charge on any atom is -0.462 e. The lowest BCUT2D eigenvalue weighted by Crippen LogP contribution is -2.30. The molecule has 0 bridgehead atoms. The molecule has 0 spiro atoms. The van der Waals surface area contributed by atoms with E-state index in [0.29, 0.717) is 19.3 Å². The van der Waals surface area contributed by atoms with Gasteiger partial charge in [-0.05, 0) is 19.3 Å². The van der Waals surface area contributed by atoms with Crippen LogP contribution < -0.4 is 0 Å². The average Bonchev–Trinajstić information content (AvgIpc) is 3.26. The molecule has 6 nitrogen and oxygen atoms in total. The molecule has 0 N–H and O–H groups in total. The molecule has 1 unspecified atom stereocenters. The fourth-order valence-corrected chi connectivity index (χ4v) is 8.45. The van der Waals surface area contributed by atoms with Crippen LogP contribution in [0, 0.1) is 0 Å². The van der Waals surface area contributed by atoms with Crippen LogP contribution in [0.3, 0.4) is 0 Å². The van der Waals surface area contributed by atoms with Gasteiger partial charge in [0.1, 0.15) is 13.2 Å². The first kappa shape index (κ1) is 59.4. The van der Waals surface area contributed by atoms with Crippen molar-refractivity contribution in [2.75, 3.05) is 13.2 Å². The fourth-order valence-electron chi connectivity index (χ4n) is 8.45. The predicted molar refractivity (Wildman–Crippen MR) is 261 cm³/mol. The number of ether oxygens (including phenoxy) is 3. The SMILES string of the molecule is CCCCCCCCCCCCCCCCCCCCCC(=O)OCC(COC(=O)CCCCCCCCCCCC)OC(=O)CCCCCCCCCCCCCCCC. The maximum Gasteiger partial charge on any atom is 0.306 e. The number of hydrogen-bond acceptors (Lipinski definition) is 6. The molecule has 0 radical (unpaired) electrons. The fraction of sp³-hybridized carbons (Fsp3) is 0.945. The molecule has 362 valence electrons. The lowest BCUT2D eigenvalue weighted by atomic mass is 10.0. The van der Waals surface area contributed by atoms with Crippen molar-refractivity contribution < 1.29 is 28.6 Å². The van der Waals surface area contributed by atoms with Crippen molar-refractivity contribution in [1.29, 1.82) is 0 Å². The molecule has 0 aliphatic rings. The Morgan fingerprint density at radius 1 is 0.262 bits per heavy atom. The summed E-state index contributed by atoms with van der Waals surface area (Å²) in [5.41, 5.74) is 0. The van der Waals surface area contributed by atoms with E-state index in [9.17, 15) is 14.4 Å². The van der Waals surface area contributed by atoms with Crippen molar-refractivity contribution in [3.05, 3.63) is 0 Å². The van der Waals surface area contributed by atoms with E-state index >= 15 is 0 Å². The Kier molecular flexibility index (Phi) is 49.7. The number of carbonyl (C=O) groups excluding carboxylic acids is 3. The van der Waals surface area contributed by atoms with Gasteiger partial charge in [-0.1, -0.05) is 278 Å². The molecule has 0 aromatic rings. The molecule has 0 amide bonds. The highest BCUT2D eigenvalue weighted by Crippen LogP contribution is 2.17. The first-order valence-electron chi connectivity index (χ1n) is 27.5. The third kappa shape index (κ3) is 49.3. The van der Waals surface area contributed by atoms with Crippen molar-refractivity contribution >= 4 is 17.9 Å². The van der Waals surface area contributed by atoms with Crippen molar-refractivity contribution in [2.45, 2.75) is 322 Å². The second-order valence-corrected chi connectivity index (χ2v) is 18.9. The molecule has 0 aromatic heterocycles. The summed E-state index contributed by atoms with van der Waals surface area (Å²) in [6.07, 6.45) is 55.2. The Hall–Kier alpha value is -1.59. The van der Waals surface area contributed by atoms with Gasteiger partial charge in [-0.15, -0.1) is 0 Å². The Balaban J connectivity index is 4.22. The van der Waals surface area contributed by atoms with Crippen LogP contribution in [0.1, 0.15) is 316 Å². The first-order valence-corrected chi connectivity index (χ1v) is 27.5. The Labute approximate surface area is 380 Å². The molecule has 0 saturated carbocycles. The lowest BCUT2D eigenvalue weighted by Gasteiger charge is -2.18. The van der Waals surface area contributed by atoms with Gasteiger partial charge in [0.15, 0.2) is 6.10 Å². The minimum atomic E-state index is -0.759. The molecule has 0 fully saturated rings. The van der Waals surface area contributed by atoms with E-state index in [-0.39, 0.29) is 31.1 Å². The van der Waals surface area contributed by atoms with Gasteiger partial charge in [-0.25, -0.2) is 0 Å². The van der Waals surface area contributed by atoms with Crippen LogP contribution in [0.15, 0.2) is 0 Å². The van der Waals surface area contributed by atoms with Crippen LogP contribution in [0.4, 0.5) is 0 Å². The van der Waals surface area contributed by atoms with Crippen molar-refractivity contribution in [3.8, 4) is 0 Å². The lowest BCUT2D eigenvalue weighted by molar-refractivity contribution is -0.167. The van der Waals surface area contributed by atoms with Crippen molar-refractivity contribution in [1.82, 2.24) is 0 Å². The van der Waals surface area contributed by atoms with Gasteiger partial charge < -0.3 is 14.2 Å². The first-order chi connectivity index (χ1) is 30.0. The van der Waals surface area contributed by atoms with Crippen LogP contribution in [0.5, 0.6) is 0 Å². The van der Waals surface area contributed by atoms with Crippen LogP contribution in [-0.2, 0) is 28.6 Å². The zero-order valence-electron chi connectivity index (χ0n) is 41.5. The molecule has 0 rings (SSSR count). The molecular weight excluding hydrogens is 757 g/mol. The smallest absolute Gasteiger partial charge is 0.306 e. The maximum atomic E-state index is 12.8. The number of unbranched alkanes of at least 4 members (excludes halogenated alkanes) is 40. The Morgan fingerprint density at radius 3 is 0.656 bits per heavy atom. The van der Waals surface area contributed by atoms with Crippen molar-refractivity contribution in [3.63, 3.8) is 0 Å². The van der Waals surface area contributed by atoms with Gasteiger partial charge >= 0.3 is 17.9 Å². The molecule has 1 atom stereocenters. The summed E-state index contributed by atoms with van der Waals surface area (Å²) < 4.78 is 16.8. The van der Waals surface area contributed by atoms with Gasteiger partial charge in [0.25, 0.3) is 0 Å².